The van der Waals surface area contributed by atoms with Crippen molar-refractivity contribution < 1.29 is 9.00 Å². The minimum atomic E-state index is -0.928. The molecule has 1 amide bonds. The SMILES string of the molecule is CCC(C(=O)NCCS(=O)C(C)(C)C)c1ccccc1. The number of nitrogens with one attached hydrogen (secondary N) is 1. The first-order valence-corrected chi connectivity index (χ1v) is 8.39. The Balaban J connectivity index is 2.52. The number of rotatable bonds is 6. The lowest BCUT2D eigenvalue weighted by Gasteiger charge is -2.19. The summed E-state index contributed by atoms with van der Waals surface area (Å²) in [5.74, 6) is 0.393. The van der Waals surface area contributed by atoms with E-state index in [1.165, 1.54) is 0 Å². The van der Waals surface area contributed by atoms with Crippen molar-refractivity contribution in [3.63, 3.8) is 0 Å². The molecule has 0 saturated heterocycles. The van der Waals surface area contributed by atoms with Crippen molar-refractivity contribution in [3.05, 3.63) is 35.9 Å². The van der Waals surface area contributed by atoms with E-state index < -0.39 is 10.8 Å². The van der Waals surface area contributed by atoms with E-state index in [-0.39, 0.29) is 16.6 Å². The third-order valence-corrected chi connectivity index (χ3v) is 5.14. The maximum Gasteiger partial charge on any atom is 0.227 e. The number of benzene rings is 1. The summed E-state index contributed by atoms with van der Waals surface area (Å²) in [6.07, 6.45) is 0.762. The molecular formula is C16H25NO2S. The monoisotopic (exact) mass is 295 g/mol. The van der Waals surface area contributed by atoms with Crippen LogP contribution in [0.5, 0.6) is 0 Å². The van der Waals surface area contributed by atoms with Gasteiger partial charge in [0.1, 0.15) is 0 Å². The van der Waals surface area contributed by atoms with Crippen LogP contribution in [0.4, 0.5) is 0 Å². The van der Waals surface area contributed by atoms with Crippen molar-refractivity contribution in [2.45, 2.75) is 44.8 Å². The van der Waals surface area contributed by atoms with Gasteiger partial charge in [-0.05, 0) is 32.8 Å². The van der Waals surface area contributed by atoms with Gasteiger partial charge in [0.2, 0.25) is 5.91 Å². The Bertz CT molecular complexity index is 451. The van der Waals surface area contributed by atoms with Gasteiger partial charge < -0.3 is 5.32 Å². The molecule has 0 aliphatic carbocycles. The number of hydrogen-bond donors (Lipinski definition) is 1. The summed E-state index contributed by atoms with van der Waals surface area (Å²) in [6.45, 7) is 8.31. The molecule has 0 radical (unpaired) electrons. The molecule has 4 heteroatoms. The van der Waals surface area contributed by atoms with Gasteiger partial charge in [-0.15, -0.1) is 0 Å². The van der Waals surface area contributed by atoms with Crippen LogP contribution in [0.15, 0.2) is 30.3 Å². The van der Waals surface area contributed by atoms with Crippen molar-refractivity contribution in [1.82, 2.24) is 5.32 Å². The molecule has 1 aromatic carbocycles. The van der Waals surface area contributed by atoms with Crippen molar-refractivity contribution >= 4 is 16.7 Å². The van der Waals surface area contributed by atoms with Gasteiger partial charge in [0, 0.05) is 27.8 Å². The highest BCUT2D eigenvalue weighted by Gasteiger charge is 2.21. The molecule has 3 nitrogen and oxygen atoms in total. The zero-order chi connectivity index (χ0) is 15.2. The second-order valence-electron chi connectivity index (χ2n) is 5.82. The van der Waals surface area contributed by atoms with Gasteiger partial charge in [0.25, 0.3) is 0 Å². The molecule has 0 saturated carbocycles. The molecule has 1 N–H and O–H groups in total. The van der Waals surface area contributed by atoms with E-state index in [0.29, 0.717) is 12.3 Å². The Hall–Kier alpha value is -1.16. The fourth-order valence-electron chi connectivity index (χ4n) is 1.95. The Morgan fingerprint density at radius 2 is 1.85 bits per heavy atom. The van der Waals surface area contributed by atoms with Crippen LogP contribution in [-0.2, 0) is 15.6 Å². The lowest BCUT2D eigenvalue weighted by molar-refractivity contribution is -0.122. The van der Waals surface area contributed by atoms with Crippen LogP contribution >= 0.6 is 0 Å². The summed E-state index contributed by atoms with van der Waals surface area (Å²) in [5.41, 5.74) is 1.03. The van der Waals surface area contributed by atoms with Crippen LogP contribution in [0.3, 0.4) is 0 Å². The molecule has 20 heavy (non-hydrogen) atoms. The van der Waals surface area contributed by atoms with Crippen LogP contribution in [0.1, 0.15) is 45.6 Å². The molecule has 1 aromatic rings. The minimum Gasteiger partial charge on any atom is -0.355 e. The molecule has 2 atom stereocenters. The van der Waals surface area contributed by atoms with Crippen molar-refractivity contribution in [1.29, 1.82) is 0 Å². The first-order valence-electron chi connectivity index (χ1n) is 7.07. The molecule has 0 fully saturated rings. The number of hydrogen-bond acceptors (Lipinski definition) is 2. The van der Waals surface area contributed by atoms with Crippen LogP contribution in [-0.4, -0.2) is 27.2 Å². The van der Waals surface area contributed by atoms with E-state index in [1.807, 2.05) is 58.0 Å². The van der Waals surface area contributed by atoms with Gasteiger partial charge >= 0.3 is 0 Å². The first-order chi connectivity index (χ1) is 9.36. The van der Waals surface area contributed by atoms with E-state index in [9.17, 15) is 9.00 Å². The molecule has 2 unspecified atom stereocenters. The topological polar surface area (TPSA) is 46.2 Å². The van der Waals surface area contributed by atoms with E-state index in [2.05, 4.69) is 5.32 Å². The normalized spacial score (nSPS) is 14.6. The van der Waals surface area contributed by atoms with Crippen LogP contribution in [0.25, 0.3) is 0 Å². The van der Waals surface area contributed by atoms with E-state index in [0.717, 1.165) is 12.0 Å². The number of amides is 1. The second kappa shape index (κ2) is 7.58. The van der Waals surface area contributed by atoms with Crippen molar-refractivity contribution in [3.8, 4) is 0 Å². The highest BCUT2D eigenvalue weighted by atomic mass is 32.2. The van der Waals surface area contributed by atoms with Crippen LogP contribution in [0, 0.1) is 0 Å². The Morgan fingerprint density at radius 3 is 2.35 bits per heavy atom. The highest BCUT2D eigenvalue weighted by molar-refractivity contribution is 7.86. The van der Waals surface area contributed by atoms with E-state index >= 15 is 0 Å². The maximum absolute atomic E-state index is 12.2. The molecule has 0 aliphatic rings. The van der Waals surface area contributed by atoms with Crippen molar-refractivity contribution in [2.75, 3.05) is 12.3 Å². The molecule has 0 bridgehead atoms. The molecule has 0 aliphatic heterocycles. The Morgan fingerprint density at radius 1 is 1.25 bits per heavy atom. The lowest BCUT2D eigenvalue weighted by atomic mass is 9.96. The summed E-state index contributed by atoms with van der Waals surface area (Å²) >= 11 is 0. The van der Waals surface area contributed by atoms with Gasteiger partial charge in [-0.3, -0.25) is 9.00 Å². The fraction of sp³-hybridized carbons (Fsp3) is 0.562. The second-order valence-corrected chi connectivity index (χ2v) is 8.15. The third-order valence-electron chi connectivity index (χ3n) is 3.20. The molecular weight excluding hydrogens is 270 g/mol. The Labute approximate surface area is 124 Å². The molecule has 112 valence electrons. The molecule has 0 heterocycles. The van der Waals surface area contributed by atoms with Gasteiger partial charge in [-0.25, -0.2) is 0 Å². The largest absolute Gasteiger partial charge is 0.355 e. The summed E-state index contributed by atoms with van der Waals surface area (Å²) < 4.78 is 11.7. The first kappa shape index (κ1) is 16.9. The average Bonchev–Trinajstić information content (AvgIpc) is 2.39. The average molecular weight is 295 g/mol. The zero-order valence-corrected chi connectivity index (χ0v) is 13.6. The van der Waals surface area contributed by atoms with Gasteiger partial charge in [-0.1, -0.05) is 37.3 Å². The predicted molar refractivity (Wildman–Crippen MR) is 85.2 cm³/mol. The summed E-state index contributed by atoms with van der Waals surface area (Å²) in [4.78, 5) is 12.2. The van der Waals surface area contributed by atoms with Gasteiger partial charge in [-0.2, -0.15) is 0 Å². The fourth-order valence-corrected chi connectivity index (χ4v) is 2.85. The van der Waals surface area contributed by atoms with E-state index in [4.69, 9.17) is 0 Å². The Kier molecular flexibility index (Phi) is 6.40. The summed E-state index contributed by atoms with van der Waals surface area (Å²) in [7, 11) is -0.928. The van der Waals surface area contributed by atoms with E-state index in [1.54, 1.807) is 0 Å². The quantitative estimate of drug-likeness (QED) is 0.877. The summed E-state index contributed by atoms with van der Waals surface area (Å²) in [6, 6.07) is 9.78. The third kappa shape index (κ3) is 5.08. The highest BCUT2D eigenvalue weighted by Crippen LogP contribution is 2.19. The smallest absolute Gasteiger partial charge is 0.227 e. The standard InChI is InChI=1S/C16H25NO2S/c1-5-14(13-9-7-6-8-10-13)15(18)17-11-12-20(19)16(2,3)4/h6-10,14H,5,11-12H2,1-4H3,(H,17,18). The van der Waals surface area contributed by atoms with Crippen LogP contribution in [0.2, 0.25) is 0 Å². The van der Waals surface area contributed by atoms with Crippen LogP contribution < -0.4 is 5.32 Å². The lowest BCUT2D eigenvalue weighted by Crippen LogP contribution is -2.35. The van der Waals surface area contributed by atoms with Gasteiger partial charge in [0.05, 0.1) is 5.92 Å². The number of carbonyl (C=O) groups excluding carboxylic acids is 1. The minimum absolute atomic E-state index is 0.0182. The molecule has 0 spiro atoms. The molecule has 1 rings (SSSR count). The van der Waals surface area contributed by atoms with Gasteiger partial charge in [0.15, 0.2) is 0 Å². The maximum atomic E-state index is 12.2. The number of carbonyl (C=O) groups is 1. The summed E-state index contributed by atoms with van der Waals surface area (Å²) in [5, 5.41) is 2.90. The zero-order valence-electron chi connectivity index (χ0n) is 12.8. The van der Waals surface area contributed by atoms with Crippen molar-refractivity contribution in [2.24, 2.45) is 0 Å². The predicted octanol–water partition coefficient (Wildman–Crippen LogP) is 2.84. The molecule has 0 aromatic heterocycles.